The molecule has 0 aromatic heterocycles. The lowest BCUT2D eigenvalue weighted by Gasteiger charge is -2.39. The molecule has 1 aromatic carbocycles. The van der Waals surface area contributed by atoms with Crippen molar-refractivity contribution in [1.29, 1.82) is 0 Å². The Hall–Kier alpha value is -0.470. The number of benzene rings is 1. The summed E-state index contributed by atoms with van der Waals surface area (Å²) in [5.41, 5.74) is 1.36. The van der Waals surface area contributed by atoms with Crippen molar-refractivity contribution < 1.29 is 0 Å². The van der Waals surface area contributed by atoms with Crippen LogP contribution in [-0.4, -0.2) is 17.8 Å². The average molecular weight is 277 g/mol. The normalized spacial score (nSPS) is 31.4. The van der Waals surface area contributed by atoms with Gasteiger partial charge in [0.1, 0.15) is 0 Å². The third-order valence-electron chi connectivity index (χ3n) is 4.12. The van der Waals surface area contributed by atoms with Gasteiger partial charge >= 0.3 is 0 Å². The van der Waals surface area contributed by atoms with Gasteiger partial charge in [-0.15, -0.1) is 11.8 Å². The first-order chi connectivity index (χ1) is 9.10. The third-order valence-corrected chi connectivity index (χ3v) is 5.71. The molecule has 0 radical (unpaired) electrons. The molecule has 0 spiro atoms. The van der Waals surface area contributed by atoms with Crippen molar-refractivity contribution in [3.8, 4) is 0 Å². The SMILES string of the molecule is CCNC1CC(C)CC(C)C1Sc1cccc(C)c1. The molecule has 1 aromatic rings. The zero-order valence-electron chi connectivity index (χ0n) is 12.6. The Balaban J connectivity index is 2.10. The Kier molecular flexibility index (Phi) is 5.35. The van der Waals surface area contributed by atoms with Gasteiger partial charge in [-0.2, -0.15) is 0 Å². The number of thioether (sulfide) groups is 1. The van der Waals surface area contributed by atoms with E-state index in [1.165, 1.54) is 23.3 Å². The molecule has 1 aliphatic rings. The molecule has 1 aliphatic carbocycles. The molecule has 0 aliphatic heterocycles. The predicted octanol–water partition coefficient (Wildman–Crippen LogP) is 4.50. The first-order valence-electron chi connectivity index (χ1n) is 7.56. The highest BCUT2D eigenvalue weighted by molar-refractivity contribution is 8.00. The third kappa shape index (κ3) is 4.00. The standard InChI is InChI=1S/C17H27NS/c1-5-18-16-11-13(3)9-14(4)17(16)19-15-8-6-7-12(2)10-15/h6-8,10,13-14,16-18H,5,9,11H2,1-4H3. The van der Waals surface area contributed by atoms with E-state index in [9.17, 15) is 0 Å². The summed E-state index contributed by atoms with van der Waals surface area (Å²) >= 11 is 2.07. The van der Waals surface area contributed by atoms with Gasteiger partial charge in [0.25, 0.3) is 0 Å². The fourth-order valence-electron chi connectivity index (χ4n) is 3.33. The Morgan fingerprint density at radius 3 is 2.74 bits per heavy atom. The van der Waals surface area contributed by atoms with Crippen LogP contribution in [0.2, 0.25) is 0 Å². The van der Waals surface area contributed by atoms with Crippen LogP contribution in [0.25, 0.3) is 0 Å². The van der Waals surface area contributed by atoms with Gasteiger partial charge in [0.2, 0.25) is 0 Å². The fraction of sp³-hybridized carbons (Fsp3) is 0.647. The molecular weight excluding hydrogens is 250 g/mol. The number of rotatable bonds is 4. The van der Waals surface area contributed by atoms with Crippen molar-refractivity contribution in [2.24, 2.45) is 11.8 Å². The maximum Gasteiger partial charge on any atom is 0.0274 e. The molecule has 2 rings (SSSR count). The summed E-state index contributed by atoms with van der Waals surface area (Å²) in [5.74, 6) is 1.65. The Morgan fingerprint density at radius 2 is 2.05 bits per heavy atom. The topological polar surface area (TPSA) is 12.0 Å². The van der Waals surface area contributed by atoms with E-state index in [1.54, 1.807) is 0 Å². The minimum Gasteiger partial charge on any atom is -0.313 e. The molecule has 4 unspecified atom stereocenters. The molecule has 4 atom stereocenters. The molecule has 1 N–H and O–H groups in total. The predicted molar refractivity (Wildman–Crippen MR) is 85.9 cm³/mol. The number of hydrogen-bond donors (Lipinski definition) is 1. The molecule has 106 valence electrons. The summed E-state index contributed by atoms with van der Waals surface area (Å²) in [5, 5.41) is 4.42. The molecule has 0 amide bonds. The van der Waals surface area contributed by atoms with Crippen molar-refractivity contribution in [2.75, 3.05) is 6.54 Å². The van der Waals surface area contributed by atoms with E-state index >= 15 is 0 Å². The lowest BCUT2D eigenvalue weighted by atomic mass is 9.80. The highest BCUT2D eigenvalue weighted by atomic mass is 32.2. The zero-order chi connectivity index (χ0) is 13.8. The van der Waals surface area contributed by atoms with E-state index in [2.05, 4.69) is 69.0 Å². The second-order valence-electron chi connectivity index (χ2n) is 6.12. The highest BCUT2D eigenvalue weighted by Crippen LogP contribution is 2.39. The van der Waals surface area contributed by atoms with Gasteiger partial charge in [-0.3, -0.25) is 0 Å². The maximum atomic E-state index is 3.71. The molecule has 1 nitrogen and oxygen atoms in total. The van der Waals surface area contributed by atoms with Gasteiger partial charge in [0.05, 0.1) is 0 Å². The molecule has 2 heteroatoms. The minimum atomic E-state index is 0.661. The Labute approximate surface area is 122 Å². The molecule has 0 heterocycles. The second kappa shape index (κ2) is 6.81. The van der Waals surface area contributed by atoms with E-state index in [4.69, 9.17) is 0 Å². The van der Waals surface area contributed by atoms with Crippen molar-refractivity contribution in [2.45, 2.75) is 56.7 Å². The van der Waals surface area contributed by atoms with Crippen LogP contribution in [0.4, 0.5) is 0 Å². The monoisotopic (exact) mass is 277 g/mol. The van der Waals surface area contributed by atoms with E-state index in [-0.39, 0.29) is 0 Å². The van der Waals surface area contributed by atoms with Gasteiger partial charge in [0, 0.05) is 16.2 Å². The first kappa shape index (κ1) is 14.9. The summed E-state index contributed by atoms with van der Waals surface area (Å²) in [6.45, 7) is 10.3. The molecule has 0 saturated heterocycles. The molecule has 0 bridgehead atoms. The van der Waals surface area contributed by atoms with E-state index in [1.807, 2.05) is 0 Å². The van der Waals surface area contributed by atoms with Crippen LogP contribution in [0.1, 0.15) is 39.2 Å². The Morgan fingerprint density at radius 1 is 1.26 bits per heavy atom. The van der Waals surface area contributed by atoms with Crippen LogP contribution in [0, 0.1) is 18.8 Å². The van der Waals surface area contributed by atoms with Crippen molar-refractivity contribution in [1.82, 2.24) is 5.32 Å². The molecule has 1 saturated carbocycles. The lowest BCUT2D eigenvalue weighted by Crippen LogP contribution is -2.46. The van der Waals surface area contributed by atoms with Gasteiger partial charge in [0.15, 0.2) is 0 Å². The van der Waals surface area contributed by atoms with Crippen LogP contribution < -0.4 is 5.32 Å². The number of aryl methyl sites for hydroxylation is 1. The van der Waals surface area contributed by atoms with E-state index in [0.717, 1.165) is 18.4 Å². The van der Waals surface area contributed by atoms with Crippen molar-refractivity contribution in [3.05, 3.63) is 29.8 Å². The van der Waals surface area contributed by atoms with Crippen LogP contribution in [-0.2, 0) is 0 Å². The van der Waals surface area contributed by atoms with Crippen molar-refractivity contribution >= 4 is 11.8 Å². The highest BCUT2D eigenvalue weighted by Gasteiger charge is 2.34. The van der Waals surface area contributed by atoms with Crippen LogP contribution >= 0.6 is 11.8 Å². The van der Waals surface area contributed by atoms with Crippen LogP contribution in [0.5, 0.6) is 0 Å². The first-order valence-corrected chi connectivity index (χ1v) is 8.44. The summed E-state index contributed by atoms with van der Waals surface area (Å²) in [6.07, 6.45) is 2.69. The molecular formula is C17H27NS. The number of hydrogen-bond acceptors (Lipinski definition) is 2. The van der Waals surface area contributed by atoms with E-state index < -0.39 is 0 Å². The van der Waals surface area contributed by atoms with Gasteiger partial charge in [-0.25, -0.2) is 0 Å². The van der Waals surface area contributed by atoms with Gasteiger partial charge in [-0.05, 0) is 50.3 Å². The van der Waals surface area contributed by atoms with Crippen molar-refractivity contribution in [3.63, 3.8) is 0 Å². The summed E-state index contributed by atoms with van der Waals surface area (Å²) in [4.78, 5) is 1.43. The van der Waals surface area contributed by atoms with Crippen LogP contribution in [0.15, 0.2) is 29.2 Å². The second-order valence-corrected chi connectivity index (χ2v) is 7.37. The summed E-state index contributed by atoms with van der Waals surface area (Å²) in [7, 11) is 0. The maximum absolute atomic E-state index is 3.71. The van der Waals surface area contributed by atoms with E-state index in [0.29, 0.717) is 11.3 Å². The average Bonchev–Trinajstić information content (AvgIpc) is 2.34. The zero-order valence-corrected chi connectivity index (χ0v) is 13.5. The van der Waals surface area contributed by atoms with Gasteiger partial charge < -0.3 is 5.32 Å². The smallest absolute Gasteiger partial charge is 0.0274 e. The largest absolute Gasteiger partial charge is 0.313 e. The minimum absolute atomic E-state index is 0.661. The summed E-state index contributed by atoms with van der Waals surface area (Å²) in [6, 6.07) is 9.59. The fourth-order valence-corrected chi connectivity index (χ4v) is 4.78. The Bertz CT molecular complexity index is 404. The van der Waals surface area contributed by atoms with Gasteiger partial charge in [-0.1, -0.05) is 38.5 Å². The molecule has 1 fully saturated rings. The lowest BCUT2D eigenvalue weighted by molar-refractivity contribution is 0.251. The summed E-state index contributed by atoms with van der Waals surface area (Å²) < 4.78 is 0. The molecule has 19 heavy (non-hydrogen) atoms. The number of nitrogens with one attached hydrogen (secondary N) is 1. The quantitative estimate of drug-likeness (QED) is 0.869. The van der Waals surface area contributed by atoms with Crippen LogP contribution in [0.3, 0.4) is 0 Å².